The summed E-state index contributed by atoms with van der Waals surface area (Å²) in [7, 11) is 1.86. The number of aliphatic hydroxyl groups excluding tert-OH is 1. The molecule has 0 aliphatic rings. The first-order chi connectivity index (χ1) is 7.19. The second-order valence-electron chi connectivity index (χ2n) is 2.80. The lowest BCUT2D eigenvalue weighted by atomic mass is 10.6. The van der Waals surface area contributed by atoms with Crippen molar-refractivity contribution in [1.29, 1.82) is 0 Å². The molecule has 0 aliphatic carbocycles. The van der Waals surface area contributed by atoms with Crippen LogP contribution in [0.4, 0.5) is 0 Å². The number of hydrogen-bond acceptors (Lipinski definition) is 5. The molecule has 1 N–H and O–H groups in total. The van der Waals surface area contributed by atoms with Crippen LogP contribution < -0.4 is 0 Å². The lowest BCUT2D eigenvalue weighted by Gasteiger charge is -1.89. The molecule has 2 aromatic heterocycles. The molecule has 0 spiro atoms. The van der Waals surface area contributed by atoms with Gasteiger partial charge in [-0.15, -0.1) is 11.3 Å². The van der Waals surface area contributed by atoms with Crippen molar-refractivity contribution in [3.63, 3.8) is 0 Å². The van der Waals surface area contributed by atoms with Gasteiger partial charge in [-0.25, -0.2) is 4.98 Å². The fraction of sp³-hybridized carbons (Fsp3) is 0.250. The second-order valence-corrected chi connectivity index (χ2v) is 5.57. The van der Waals surface area contributed by atoms with Gasteiger partial charge in [0.1, 0.15) is 5.15 Å². The maximum atomic E-state index is 8.96. The Bertz CT molecular complexity index is 468. The van der Waals surface area contributed by atoms with Gasteiger partial charge in [-0.1, -0.05) is 23.4 Å². The van der Waals surface area contributed by atoms with Crippen LogP contribution >= 0.6 is 34.7 Å². The Labute approximate surface area is 99.9 Å². The zero-order chi connectivity index (χ0) is 10.8. The van der Waals surface area contributed by atoms with Crippen molar-refractivity contribution >= 4 is 34.7 Å². The predicted molar refractivity (Wildman–Crippen MR) is 60.4 cm³/mol. The monoisotopic (exact) mass is 261 g/mol. The summed E-state index contributed by atoms with van der Waals surface area (Å²) in [6.07, 6.45) is 3.66. The van der Waals surface area contributed by atoms with Gasteiger partial charge < -0.3 is 5.11 Å². The van der Waals surface area contributed by atoms with Crippen LogP contribution in [0.15, 0.2) is 21.6 Å². The summed E-state index contributed by atoms with van der Waals surface area (Å²) >= 11 is 8.71. The van der Waals surface area contributed by atoms with Crippen molar-refractivity contribution in [3.8, 4) is 0 Å². The minimum Gasteiger partial charge on any atom is -0.391 e. The number of aromatic nitrogens is 3. The zero-order valence-corrected chi connectivity index (χ0v) is 10.2. The number of aliphatic hydroxyl groups is 1. The molecule has 2 aromatic rings. The summed E-state index contributed by atoms with van der Waals surface area (Å²) in [6.45, 7) is -0.0654. The Morgan fingerprint density at radius 2 is 2.47 bits per heavy atom. The standard InChI is InChI=1S/C8H8ClN3OS2/c1-12-3-5(2-10-12)14-8-11-7(9)6(4-13)15-8/h2-3,13H,4H2,1H3. The van der Waals surface area contributed by atoms with Crippen molar-refractivity contribution in [2.24, 2.45) is 7.05 Å². The van der Waals surface area contributed by atoms with E-state index in [0.717, 1.165) is 9.24 Å². The van der Waals surface area contributed by atoms with E-state index in [4.69, 9.17) is 16.7 Å². The fourth-order valence-electron chi connectivity index (χ4n) is 1.01. The van der Waals surface area contributed by atoms with Crippen molar-refractivity contribution in [2.75, 3.05) is 0 Å². The van der Waals surface area contributed by atoms with Crippen LogP contribution in [-0.4, -0.2) is 19.9 Å². The molecule has 0 radical (unpaired) electrons. The Kier molecular flexibility index (Phi) is 3.30. The van der Waals surface area contributed by atoms with Crippen molar-refractivity contribution in [2.45, 2.75) is 15.8 Å². The van der Waals surface area contributed by atoms with Gasteiger partial charge in [-0.2, -0.15) is 5.10 Å². The second kappa shape index (κ2) is 4.52. The molecule has 2 rings (SSSR count). The quantitative estimate of drug-likeness (QED) is 0.920. The third-order valence-corrected chi connectivity index (χ3v) is 4.13. The van der Waals surface area contributed by atoms with Crippen LogP contribution in [0.1, 0.15) is 4.88 Å². The minimum atomic E-state index is -0.0654. The van der Waals surface area contributed by atoms with E-state index in [0.29, 0.717) is 10.0 Å². The summed E-state index contributed by atoms with van der Waals surface area (Å²) < 4.78 is 2.54. The molecule has 4 nitrogen and oxygen atoms in total. The van der Waals surface area contributed by atoms with Crippen LogP contribution in [0, 0.1) is 0 Å². The van der Waals surface area contributed by atoms with Gasteiger partial charge in [0.05, 0.1) is 22.6 Å². The molecule has 0 aromatic carbocycles. The van der Waals surface area contributed by atoms with Crippen molar-refractivity contribution < 1.29 is 5.11 Å². The molecule has 0 fully saturated rings. The Morgan fingerprint density at radius 1 is 1.67 bits per heavy atom. The van der Waals surface area contributed by atoms with Gasteiger partial charge in [0.15, 0.2) is 4.34 Å². The summed E-state index contributed by atoms with van der Waals surface area (Å²) in [5.74, 6) is 0. The van der Waals surface area contributed by atoms with E-state index in [1.807, 2.05) is 13.2 Å². The number of aryl methyl sites for hydroxylation is 1. The predicted octanol–water partition coefficient (Wildman–Crippen LogP) is 2.17. The Morgan fingerprint density at radius 3 is 3.00 bits per heavy atom. The summed E-state index contributed by atoms with van der Waals surface area (Å²) in [4.78, 5) is 5.84. The van der Waals surface area contributed by atoms with Crippen molar-refractivity contribution in [1.82, 2.24) is 14.8 Å². The van der Waals surface area contributed by atoms with Crippen LogP contribution in [0.25, 0.3) is 0 Å². The van der Waals surface area contributed by atoms with Crippen molar-refractivity contribution in [3.05, 3.63) is 22.4 Å². The highest BCUT2D eigenvalue weighted by molar-refractivity contribution is 8.01. The van der Waals surface area contributed by atoms with E-state index >= 15 is 0 Å². The van der Waals surface area contributed by atoms with E-state index in [-0.39, 0.29) is 6.61 Å². The summed E-state index contributed by atoms with van der Waals surface area (Å²) in [5.41, 5.74) is 0. The maximum Gasteiger partial charge on any atom is 0.156 e. The highest BCUT2D eigenvalue weighted by Gasteiger charge is 2.10. The molecule has 0 bridgehead atoms. The third-order valence-electron chi connectivity index (χ3n) is 1.66. The highest BCUT2D eigenvalue weighted by atomic mass is 35.5. The third kappa shape index (κ3) is 2.52. The number of hydrogen-bond donors (Lipinski definition) is 1. The first-order valence-corrected chi connectivity index (χ1v) is 6.12. The molecule has 0 saturated carbocycles. The topological polar surface area (TPSA) is 50.9 Å². The molecule has 7 heteroatoms. The van der Waals surface area contributed by atoms with E-state index in [1.54, 1.807) is 10.9 Å². The molecule has 0 aliphatic heterocycles. The van der Waals surface area contributed by atoms with E-state index in [2.05, 4.69) is 10.1 Å². The molecular weight excluding hydrogens is 254 g/mol. The molecule has 0 unspecified atom stereocenters. The lowest BCUT2D eigenvalue weighted by molar-refractivity contribution is 0.285. The maximum absolute atomic E-state index is 8.96. The average Bonchev–Trinajstić information content (AvgIpc) is 2.73. The number of halogens is 1. The molecule has 2 heterocycles. The highest BCUT2D eigenvalue weighted by Crippen LogP contribution is 2.34. The normalized spacial score (nSPS) is 10.9. The molecule has 0 amide bonds. The van der Waals surface area contributed by atoms with Crippen LogP contribution in [0.5, 0.6) is 0 Å². The average molecular weight is 262 g/mol. The number of rotatable bonds is 3. The minimum absolute atomic E-state index is 0.0654. The van der Waals surface area contributed by atoms with Gasteiger partial charge >= 0.3 is 0 Å². The number of thiazole rings is 1. The van der Waals surface area contributed by atoms with Gasteiger partial charge in [-0.05, 0) is 0 Å². The smallest absolute Gasteiger partial charge is 0.156 e. The summed E-state index contributed by atoms with van der Waals surface area (Å²) in [5, 5.41) is 13.4. The van der Waals surface area contributed by atoms with Gasteiger partial charge in [0.25, 0.3) is 0 Å². The van der Waals surface area contributed by atoms with Crippen LogP contribution in [0.3, 0.4) is 0 Å². The fourth-order valence-corrected chi connectivity index (χ4v) is 3.31. The molecule has 0 saturated heterocycles. The molecule has 15 heavy (non-hydrogen) atoms. The van der Waals surface area contributed by atoms with Crippen LogP contribution in [0.2, 0.25) is 5.15 Å². The largest absolute Gasteiger partial charge is 0.391 e. The number of nitrogens with zero attached hydrogens (tertiary/aromatic N) is 3. The molecule has 0 atom stereocenters. The zero-order valence-electron chi connectivity index (χ0n) is 7.85. The van der Waals surface area contributed by atoms with Gasteiger partial charge in [0, 0.05) is 13.2 Å². The first kappa shape index (κ1) is 10.9. The first-order valence-electron chi connectivity index (χ1n) is 4.11. The molecule has 80 valence electrons. The summed E-state index contributed by atoms with van der Waals surface area (Å²) in [6, 6.07) is 0. The van der Waals surface area contributed by atoms with Gasteiger partial charge in [-0.3, -0.25) is 4.68 Å². The lowest BCUT2D eigenvalue weighted by Crippen LogP contribution is -1.83. The molecular formula is C8H8ClN3OS2. The van der Waals surface area contributed by atoms with E-state index in [1.165, 1.54) is 23.1 Å². The van der Waals surface area contributed by atoms with E-state index in [9.17, 15) is 0 Å². The SMILES string of the molecule is Cn1cc(Sc2nc(Cl)c(CO)s2)cn1. The Hall–Kier alpha value is -0.560. The Balaban J connectivity index is 2.17. The van der Waals surface area contributed by atoms with Crippen LogP contribution in [-0.2, 0) is 13.7 Å². The van der Waals surface area contributed by atoms with Gasteiger partial charge in [0.2, 0.25) is 0 Å². The van der Waals surface area contributed by atoms with E-state index < -0.39 is 0 Å².